The molecule has 1 amide bonds. The van der Waals surface area contributed by atoms with E-state index in [1.807, 2.05) is 11.6 Å². The predicted octanol–water partition coefficient (Wildman–Crippen LogP) is 2.24. The Morgan fingerprint density at radius 2 is 2.22 bits per heavy atom. The first kappa shape index (κ1) is 15.1. The number of hydrogen-bond acceptors (Lipinski definition) is 4. The zero-order valence-corrected chi connectivity index (χ0v) is 12.7. The first-order valence-corrected chi connectivity index (χ1v) is 7.33. The SMILES string of the molecule is Cc1cc(OCC(=O)O)ccc1NC(=O)c1cnn(C2CC2)c1. The monoisotopic (exact) mass is 315 g/mol. The number of carboxylic acids is 1. The number of benzene rings is 1. The van der Waals surface area contributed by atoms with Crippen LogP contribution in [-0.4, -0.2) is 33.4 Å². The molecule has 2 N–H and O–H groups in total. The van der Waals surface area contributed by atoms with Gasteiger partial charge in [0.15, 0.2) is 6.61 Å². The van der Waals surface area contributed by atoms with Crippen LogP contribution in [0.25, 0.3) is 0 Å². The third-order valence-corrected chi connectivity index (χ3v) is 3.59. The minimum Gasteiger partial charge on any atom is -0.482 e. The Morgan fingerprint density at radius 3 is 2.87 bits per heavy atom. The molecule has 2 aromatic rings. The fourth-order valence-electron chi connectivity index (χ4n) is 2.20. The number of carbonyl (C=O) groups is 2. The van der Waals surface area contributed by atoms with E-state index in [2.05, 4.69) is 10.4 Å². The van der Waals surface area contributed by atoms with Gasteiger partial charge < -0.3 is 15.2 Å². The van der Waals surface area contributed by atoms with E-state index < -0.39 is 12.6 Å². The zero-order chi connectivity index (χ0) is 16.4. The number of anilines is 1. The number of nitrogens with zero attached hydrogens (tertiary/aromatic N) is 2. The van der Waals surface area contributed by atoms with Gasteiger partial charge in [0.1, 0.15) is 5.75 Å². The second kappa shape index (κ2) is 6.12. The van der Waals surface area contributed by atoms with Crippen molar-refractivity contribution in [3.8, 4) is 5.75 Å². The number of amides is 1. The smallest absolute Gasteiger partial charge is 0.341 e. The van der Waals surface area contributed by atoms with E-state index in [4.69, 9.17) is 9.84 Å². The molecule has 0 radical (unpaired) electrons. The maximum atomic E-state index is 12.2. The minimum absolute atomic E-state index is 0.223. The molecule has 0 spiro atoms. The Hall–Kier alpha value is -2.83. The summed E-state index contributed by atoms with van der Waals surface area (Å²) in [6, 6.07) is 5.44. The average Bonchev–Trinajstić information content (AvgIpc) is 3.24. The largest absolute Gasteiger partial charge is 0.482 e. The van der Waals surface area contributed by atoms with Gasteiger partial charge >= 0.3 is 5.97 Å². The van der Waals surface area contributed by atoms with Gasteiger partial charge in [-0.2, -0.15) is 5.10 Å². The van der Waals surface area contributed by atoms with Crippen molar-refractivity contribution in [2.24, 2.45) is 0 Å². The molecule has 1 aliphatic carbocycles. The van der Waals surface area contributed by atoms with E-state index >= 15 is 0 Å². The summed E-state index contributed by atoms with van der Waals surface area (Å²) >= 11 is 0. The Morgan fingerprint density at radius 1 is 1.43 bits per heavy atom. The van der Waals surface area contributed by atoms with Crippen molar-refractivity contribution >= 4 is 17.6 Å². The summed E-state index contributed by atoms with van der Waals surface area (Å²) in [5.74, 6) is -0.809. The van der Waals surface area contributed by atoms with Crippen LogP contribution in [0.5, 0.6) is 5.75 Å². The zero-order valence-electron chi connectivity index (χ0n) is 12.7. The van der Waals surface area contributed by atoms with Gasteiger partial charge in [0.05, 0.1) is 17.8 Å². The molecular weight excluding hydrogens is 298 g/mol. The fraction of sp³-hybridized carbons (Fsp3) is 0.312. The molecular formula is C16H17N3O4. The molecule has 7 nitrogen and oxygen atoms in total. The lowest BCUT2D eigenvalue weighted by Gasteiger charge is -2.10. The fourth-order valence-corrected chi connectivity index (χ4v) is 2.20. The van der Waals surface area contributed by atoms with Gasteiger partial charge in [-0.1, -0.05) is 0 Å². The van der Waals surface area contributed by atoms with E-state index in [1.54, 1.807) is 30.6 Å². The van der Waals surface area contributed by atoms with Crippen LogP contribution in [0.1, 0.15) is 34.8 Å². The van der Waals surface area contributed by atoms with Gasteiger partial charge in [-0.15, -0.1) is 0 Å². The van der Waals surface area contributed by atoms with Crippen LogP contribution in [0.4, 0.5) is 5.69 Å². The third-order valence-electron chi connectivity index (χ3n) is 3.59. The second-order valence-electron chi connectivity index (χ2n) is 5.55. The van der Waals surface area contributed by atoms with E-state index in [0.29, 0.717) is 23.0 Å². The van der Waals surface area contributed by atoms with Gasteiger partial charge in [-0.3, -0.25) is 9.48 Å². The highest BCUT2D eigenvalue weighted by Crippen LogP contribution is 2.34. The molecule has 3 rings (SSSR count). The van der Waals surface area contributed by atoms with Crippen LogP contribution in [0, 0.1) is 6.92 Å². The van der Waals surface area contributed by atoms with Crippen LogP contribution in [0.2, 0.25) is 0 Å². The molecule has 0 bridgehead atoms. The number of carbonyl (C=O) groups excluding carboxylic acids is 1. The summed E-state index contributed by atoms with van der Waals surface area (Å²) in [6.45, 7) is 1.42. The van der Waals surface area contributed by atoms with Crippen molar-refractivity contribution in [3.63, 3.8) is 0 Å². The quantitative estimate of drug-likeness (QED) is 0.852. The lowest BCUT2D eigenvalue weighted by atomic mass is 10.2. The summed E-state index contributed by atoms with van der Waals surface area (Å²) in [5.41, 5.74) is 1.95. The number of nitrogens with one attached hydrogen (secondary N) is 1. The standard InChI is InChI=1S/C16H17N3O4/c1-10-6-13(23-9-15(20)21)4-5-14(10)18-16(22)11-7-17-19(8-11)12-2-3-12/h4-8,12H,2-3,9H2,1H3,(H,18,22)(H,20,21). The second-order valence-corrected chi connectivity index (χ2v) is 5.55. The Balaban J connectivity index is 1.66. The van der Waals surface area contributed by atoms with Crippen molar-refractivity contribution in [1.29, 1.82) is 0 Å². The Bertz CT molecular complexity index is 750. The molecule has 0 saturated heterocycles. The van der Waals surface area contributed by atoms with Crippen molar-refractivity contribution in [1.82, 2.24) is 9.78 Å². The number of aromatic nitrogens is 2. The van der Waals surface area contributed by atoms with Crippen molar-refractivity contribution < 1.29 is 19.4 Å². The summed E-state index contributed by atoms with van der Waals surface area (Å²) in [4.78, 5) is 22.7. The molecule has 0 atom stereocenters. The number of rotatable bonds is 6. The highest BCUT2D eigenvalue weighted by atomic mass is 16.5. The molecule has 0 aliphatic heterocycles. The molecule has 1 aliphatic rings. The maximum Gasteiger partial charge on any atom is 0.341 e. The summed E-state index contributed by atoms with van der Waals surface area (Å²) < 4.78 is 6.93. The van der Waals surface area contributed by atoms with Gasteiger partial charge in [0, 0.05) is 11.9 Å². The summed E-state index contributed by atoms with van der Waals surface area (Å²) in [5, 5.41) is 15.6. The molecule has 1 saturated carbocycles. The minimum atomic E-state index is -1.03. The Labute approximate surface area is 132 Å². The summed E-state index contributed by atoms with van der Waals surface area (Å²) in [7, 11) is 0. The van der Waals surface area contributed by atoms with E-state index in [1.165, 1.54) is 0 Å². The normalized spacial score (nSPS) is 13.6. The van der Waals surface area contributed by atoms with Crippen LogP contribution in [-0.2, 0) is 4.79 Å². The van der Waals surface area contributed by atoms with Gasteiger partial charge in [-0.25, -0.2) is 4.79 Å². The summed E-state index contributed by atoms with van der Waals surface area (Å²) in [6.07, 6.45) is 5.54. The number of aryl methyl sites for hydroxylation is 1. The van der Waals surface area contributed by atoms with Crippen molar-refractivity contribution in [3.05, 3.63) is 41.7 Å². The third kappa shape index (κ3) is 3.68. The van der Waals surface area contributed by atoms with Crippen LogP contribution in [0.15, 0.2) is 30.6 Å². The number of carboxylic acid groups (broad SMARTS) is 1. The van der Waals surface area contributed by atoms with Gasteiger partial charge in [0.2, 0.25) is 0 Å². The number of aliphatic carboxylic acids is 1. The molecule has 1 aromatic heterocycles. The topological polar surface area (TPSA) is 93.4 Å². The number of ether oxygens (including phenoxy) is 1. The molecule has 1 fully saturated rings. The molecule has 1 heterocycles. The van der Waals surface area contributed by atoms with Gasteiger partial charge in [0.25, 0.3) is 5.91 Å². The molecule has 120 valence electrons. The van der Waals surface area contributed by atoms with Crippen molar-refractivity contribution in [2.45, 2.75) is 25.8 Å². The number of hydrogen-bond donors (Lipinski definition) is 2. The van der Waals surface area contributed by atoms with Crippen molar-refractivity contribution in [2.75, 3.05) is 11.9 Å². The Kier molecular flexibility index (Phi) is 4.01. The van der Waals surface area contributed by atoms with Crippen LogP contribution in [0.3, 0.4) is 0 Å². The highest BCUT2D eigenvalue weighted by molar-refractivity contribution is 6.04. The lowest BCUT2D eigenvalue weighted by molar-refractivity contribution is -0.139. The lowest BCUT2D eigenvalue weighted by Crippen LogP contribution is -2.13. The molecule has 7 heteroatoms. The van der Waals surface area contributed by atoms with Crippen LogP contribution < -0.4 is 10.1 Å². The van der Waals surface area contributed by atoms with Crippen LogP contribution >= 0.6 is 0 Å². The maximum absolute atomic E-state index is 12.2. The van der Waals surface area contributed by atoms with Gasteiger partial charge in [-0.05, 0) is 43.5 Å². The van der Waals surface area contributed by atoms with E-state index in [0.717, 1.165) is 18.4 Å². The van der Waals surface area contributed by atoms with E-state index in [9.17, 15) is 9.59 Å². The predicted molar refractivity (Wildman–Crippen MR) is 82.8 cm³/mol. The molecule has 0 unspecified atom stereocenters. The average molecular weight is 315 g/mol. The first-order chi connectivity index (χ1) is 11.0. The molecule has 23 heavy (non-hydrogen) atoms. The molecule has 1 aromatic carbocycles. The first-order valence-electron chi connectivity index (χ1n) is 7.33. The highest BCUT2D eigenvalue weighted by Gasteiger charge is 2.25. The van der Waals surface area contributed by atoms with E-state index in [-0.39, 0.29) is 5.91 Å².